The third-order valence-electron chi connectivity index (χ3n) is 5.60. The Hall–Kier alpha value is -3.47. The first-order valence-corrected chi connectivity index (χ1v) is 9.29. The number of likely N-dealkylation sites (tertiary alicyclic amines) is 1. The lowest BCUT2D eigenvalue weighted by molar-refractivity contribution is -0.122. The number of nitrogens with one attached hydrogen (secondary N) is 1. The summed E-state index contributed by atoms with van der Waals surface area (Å²) < 4.78 is 1.98. The highest BCUT2D eigenvalue weighted by Crippen LogP contribution is 2.41. The van der Waals surface area contributed by atoms with Crippen molar-refractivity contribution in [3.8, 4) is 6.07 Å². The zero-order chi connectivity index (χ0) is 19.4. The summed E-state index contributed by atoms with van der Waals surface area (Å²) in [6, 6.07) is 4.05. The Balaban J connectivity index is 0.000000181. The molecule has 140 valence electrons. The molecule has 0 atom stereocenters. The van der Waals surface area contributed by atoms with Crippen LogP contribution in [-0.4, -0.2) is 43.9 Å². The van der Waals surface area contributed by atoms with Crippen LogP contribution in [0, 0.1) is 17.2 Å². The molecule has 0 unspecified atom stereocenters. The molecule has 1 saturated heterocycles. The van der Waals surface area contributed by atoms with Crippen LogP contribution in [-0.2, 0) is 11.8 Å². The van der Waals surface area contributed by atoms with Gasteiger partial charge in [0, 0.05) is 49.2 Å². The fourth-order valence-electron chi connectivity index (χ4n) is 3.90. The molecular formula is C20H18N6O2. The Bertz CT molecular complexity index is 1300. The van der Waals surface area contributed by atoms with E-state index in [0.717, 1.165) is 34.2 Å². The fraction of sp³-hybridized carbons (Fsp3) is 0.350. The van der Waals surface area contributed by atoms with Crippen LogP contribution in [0.2, 0.25) is 0 Å². The minimum absolute atomic E-state index is 0.0384. The van der Waals surface area contributed by atoms with E-state index in [0.29, 0.717) is 29.9 Å². The number of hydrogen-bond acceptors (Lipinski definition) is 5. The number of nitrogens with zero attached hydrogens (tertiary/aromatic N) is 5. The molecule has 0 radical (unpaired) electrons. The molecular weight excluding hydrogens is 356 g/mol. The molecule has 4 heterocycles. The van der Waals surface area contributed by atoms with Crippen molar-refractivity contribution in [2.75, 3.05) is 13.1 Å². The van der Waals surface area contributed by atoms with Gasteiger partial charge in [0.2, 0.25) is 11.8 Å². The average Bonchev–Trinajstić information content (AvgIpc) is 3.31. The SMILES string of the molecule is Cn1c(C2CC2)nc2c3cc[nH]c4ncc(c(=O)c21)c43.N#CC1CN(C=O)C1. The van der Waals surface area contributed by atoms with Gasteiger partial charge in [-0.15, -0.1) is 0 Å². The molecule has 8 nitrogen and oxygen atoms in total. The van der Waals surface area contributed by atoms with Gasteiger partial charge >= 0.3 is 0 Å². The quantitative estimate of drug-likeness (QED) is 0.539. The Morgan fingerprint density at radius 3 is 2.79 bits per heavy atom. The number of pyridine rings is 1. The van der Waals surface area contributed by atoms with Crippen LogP contribution in [0.3, 0.4) is 0 Å². The lowest BCUT2D eigenvalue weighted by Gasteiger charge is -2.31. The van der Waals surface area contributed by atoms with Crippen LogP contribution in [0.4, 0.5) is 0 Å². The highest BCUT2D eigenvalue weighted by Gasteiger charge is 2.30. The molecule has 1 amide bonds. The van der Waals surface area contributed by atoms with Crippen molar-refractivity contribution < 1.29 is 4.79 Å². The van der Waals surface area contributed by atoms with Crippen LogP contribution in [0.25, 0.3) is 32.8 Å². The molecule has 1 saturated carbocycles. The van der Waals surface area contributed by atoms with Crippen LogP contribution in [0.15, 0.2) is 23.3 Å². The van der Waals surface area contributed by atoms with Gasteiger partial charge in [0.25, 0.3) is 0 Å². The number of H-pyrrole nitrogens is 1. The molecule has 6 rings (SSSR count). The zero-order valence-corrected chi connectivity index (χ0v) is 15.3. The zero-order valence-electron chi connectivity index (χ0n) is 15.3. The van der Waals surface area contributed by atoms with Gasteiger partial charge in [-0.25, -0.2) is 9.97 Å². The smallest absolute Gasteiger partial charge is 0.213 e. The van der Waals surface area contributed by atoms with E-state index in [2.05, 4.69) is 16.0 Å². The van der Waals surface area contributed by atoms with Gasteiger partial charge in [-0.3, -0.25) is 9.59 Å². The number of aryl methyl sites for hydroxylation is 1. The summed E-state index contributed by atoms with van der Waals surface area (Å²) in [5.74, 6) is 1.67. The highest BCUT2D eigenvalue weighted by molar-refractivity contribution is 6.18. The minimum atomic E-state index is 0.0384. The van der Waals surface area contributed by atoms with E-state index in [1.165, 1.54) is 12.8 Å². The van der Waals surface area contributed by atoms with E-state index in [9.17, 15) is 9.59 Å². The first-order chi connectivity index (χ1) is 13.6. The maximum atomic E-state index is 12.7. The number of fused-ring (bicyclic) bond motifs is 2. The van der Waals surface area contributed by atoms with Gasteiger partial charge in [0.1, 0.15) is 22.5 Å². The van der Waals surface area contributed by atoms with Crippen LogP contribution >= 0.6 is 0 Å². The molecule has 1 aromatic carbocycles. The summed E-state index contributed by atoms with van der Waals surface area (Å²) in [5.41, 5.74) is 2.32. The summed E-state index contributed by atoms with van der Waals surface area (Å²) in [6.45, 7) is 1.25. The van der Waals surface area contributed by atoms with E-state index in [4.69, 9.17) is 10.2 Å². The van der Waals surface area contributed by atoms with Gasteiger partial charge in [0.15, 0.2) is 0 Å². The highest BCUT2D eigenvalue weighted by atomic mass is 16.1. The molecule has 3 aromatic heterocycles. The summed E-state index contributed by atoms with van der Waals surface area (Å²) >= 11 is 0. The molecule has 1 aliphatic carbocycles. The van der Waals surface area contributed by atoms with E-state index in [1.54, 1.807) is 11.1 Å². The average molecular weight is 374 g/mol. The van der Waals surface area contributed by atoms with Crippen LogP contribution in [0.1, 0.15) is 24.6 Å². The molecule has 4 aromatic rings. The summed E-state index contributed by atoms with van der Waals surface area (Å²) in [6.07, 6.45) is 6.65. The van der Waals surface area contributed by atoms with Gasteiger partial charge in [0.05, 0.1) is 17.4 Å². The molecule has 0 bridgehead atoms. The third-order valence-corrected chi connectivity index (χ3v) is 5.60. The van der Waals surface area contributed by atoms with Crippen LogP contribution in [0.5, 0.6) is 0 Å². The Morgan fingerprint density at radius 1 is 1.32 bits per heavy atom. The molecule has 1 aliphatic heterocycles. The maximum absolute atomic E-state index is 12.7. The van der Waals surface area contributed by atoms with Crippen LogP contribution < -0.4 is 5.43 Å². The number of imidazole rings is 1. The minimum Gasteiger partial charge on any atom is -0.346 e. The van der Waals surface area contributed by atoms with Crippen molar-refractivity contribution >= 4 is 39.2 Å². The Labute approximate surface area is 159 Å². The second-order valence-electron chi connectivity index (χ2n) is 7.50. The summed E-state index contributed by atoms with van der Waals surface area (Å²) in [5, 5.41) is 10.8. The largest absolute Gasteiger partial charge is 0.346 e. The van der Waals surface area contributed by atoms with E-state index < -0.39 is 0 Å². The number of carbonyl (C=O) groups is 1. The lowest BCUT2D eigenvalue weighted by Crippen LogP contribution is -2.44. The molecule has 8 heteroatoms. The number of nitriles is 1. The van der Waals surface area contributed by atoms with Gasteiger partial charge < -0.3 is 14.5 Å². The molecule has 28 heavy (non-hydrogen) atoms. The van der Waals surface area contributed by atoms with Gasteiger partial charge in [-0.2, -0.15) is 5.26 Å². The van der Waals surface area contributed by atoms with Crippen molar-refractivity contribution in [1.82, 2.24) is 24.4 Å². The monoisotopic (exact) mass is 374 g/mol. The topological polar surface area (TPSA) is 108 Å². The predicted molar refractivity (Wildman–Crippen MR) is 104 cm³/mol. The maximum Gasteiger partial charge on any atom is 0.213 e. The first kappa shape index (κ1) is 16.7. The fourth-order valence-corrected chi connectivity index (χ4v) is 3.90. The predicted octanol–water partition coefficient (Wildman–Crippen LogP) is 1.88. The van der Waals surface area contributed by atoms with Crippen molar-refractivity contribution in [2.24, 2.45) is 13.0 Å². The number of aromatic nitrogens is 4. The van der Waals surface area contributed by atoms with E-state index in [1.807, 2.05) is 23.9 Å². The number of hydrogen-bond donors (Lipinski definition) is 1. The molecule has 1 N–H and O–H groups in total. The number of amides is 1. The molecule has 2 fully saturated rings. The van der Waals surface area contributed by atoms with Crippen molar-refractivity contribution in [3.05, 3.63) is 34.5 Å². The number of aromatic amines is 1. The van der Waals surface area contributed by atoms with Crippen molar-refractivity contribution in [2.45, 2.75) is 18.8 Å². The van der Waals surface area contributed by atoms with E-state index in [-0.39, 0.29) is 11.3 Å². The number of benzene rings is 1. The first-order valence-electron chi connectivity index (χ1n) is 9.29. The Kier molecular flexibility index (Phi) is 3.59. The normalized spacial score (nSPS) is 16.8. The standard InChI is InChI=1S/C15H12N4O.C5H6N2O/c1-19-12-11(18-15(19)7-2-3-7)8-4-5-16-14-10(8)9(6-17-14)13(12)20;6-1-5-2-7(3-5)4-8/h4-7H,2-3H2,1H3,(H,16,17);4-5H,2-3H2. The van der Waals surface area contributed by atoms with Gasteiger partial charge in [-0.05, 0) is 18.9 Å². The number of carbonyl (C=O) groups excluding carboxylic acids is 1. The third kappa shape index (κ3) is 2.36. The van der Waals surface area contributed by atoms with Crippen molar-refractivity contribution in [1.29, 1.82) is 5.26 Å². The van der Waals surface area contributed by atoms with E-state index >= 15 is 0 Å². The van der Waals surface area contributed by atoms with Gasteiger partial charge in [-0.1, -0.05) is 0 Å². The molecule has 0 spiro atoms. The Morgan fingerprint density at radius 2 is 2.11 bits per heavy atom. The summed E-state index contributed by atoms with van der Waals surface area (Å²) in [4.78, 5) is 36.3. The second-order valence-corrected chi connectivity index (χ2v) is 7.50. The lowest BCUT2D eigenvalue weighted by atomic mass is 10.0. The van der Waals surface area contributed by atoms with Crippen molar-refractivity contribution in [3.63, 3.8) is 0 Å². The number of rotatable bonds is 2. The second kappa shape index (κ2) is 6.02. The summed E-state index contributed by atoms with van der Waals surface area (Å²) in [7, 11) is 1.95. The molecule has 2 aliphatic rings.